The van der Waals surface area contributed by atoms with Crippen molar-refractivity contribution in [2.75, 3.05) is 6.61 Å². The lowest BCUT2D eigenvalue weighted by atomic mass is 9.97. The number of rotatable bonds is 6. The van der Waals surface area contributed by atoms with E-state index < -0.39 is 11.9 Å². The molecule has 0 bridgehead atoms. The maximum Gasteiger partial charge on any atom is 0.335 e. The van der Waals surface area contributed by atoms with Crippen LogP contribution in [0.5, 0.6) is 5.75 Å². The van der Waals surface area contributed by atoms with Gasteiger partial charge in [-0.3, -0.25) is 4.79 Å². The first-order valence-electron chi connectivity index (χ1n) is 8.45. The summed E-state index contributed by atoms with van der Waals surface area (Å²) >= 11 is 0. The van der Waals surface area contributed by atoms with E-state index in [0.717, 1.165) is 28.0 Å². The van der Waals surface area contributed by atoms with E-state index >= 15 is 0 Å². The molecule has 3 aromatic rings. The van der Waals surface area contributed by atoms with Gasteiger partial charge in [-0.2, -0.15) is 0 Å². The van der Waals surface area contributed by atoms with Crippen LogP contribution in [0.2, 0.25) is 0 Å². The molecule has 0 amide bonds. The summed E-state index contributed by atoms with van der Waals surface area (Å²) in [6.07, 6.45) is 3.99. The molecule has 0 saturated heterocycles. The number of Topliss-reactive ketones (excluding diaryl/α,β-unsaturated/α-hetero) is 1. The van der Waals surface area contributed by atoms with Crippen LogP contribution in [0, 0.1) is 0 Å². The maximum atomic E-state index is 12.7. The maximum absolute atomic E-state index is 12.7. The predicted octanol–water partition coefficient (Wildman–Crippen LogP) is 3.98. The zero-order valence-electron chi connectivity index (χ0n) is 14.5. The Balaban J connectivity index is 1.62. The predicted molar refractivity (Wildman–Crippen MR) is 103 cm³/mol. The molecule has 3 aromatic carbocycles. The van der Waals surface area contributed by atoms with Crippen molar-refractivity contribution in [1.82, 2.24) is 0 Å². The molecule has 0 fully saturated rings. The number of benzene rings is 3. The Kier molecular flexibility index (Phi) is 4.16. The summed E-state index contributed by atoms with van der Waals surface area (Å²) in [7, 11) is 0. The Morgan fingerprint density at radius 1 is 0.821 bits per heavy atom. The highest BCUT2D eigenvalue weighted by Gasteiger charge is 2.17. The molecule has 0 aromatic heterocycles. The summed E-state index contributed by atoms with van der Waals surface area (Å²) < 4.78 is 5.44. The summed E-state index contributed by atoms with van der Waals surface area (Å²) in [4.78, 5) is 35.1. The van der Waals surface area contributed by atoms with E-state index in [1.165, 1.54) is 12.1 Å². The van der Waals surface area contributed by atoms with Gasteiger partial charge in [0, 0.05) is 5.56 Å². The van der Waals surface area contributed by atoms with Crippen LogP contribution in [0.15, 0.2) is 48.5 Å². The van der Waals surface area contributed by atoms with E-state index in [-0.39, 0.29) is 29.3 Å². The molecule has 4 rings (SSSR count). The third kappa shape index (κ3) is 3.01. The van der Waals surface area contributed by atoms with Crippen molar-refractivity contribution in [2.45, 2.75) is 0 Å². The number of ether oxygens (including phenoxy) is 1. The number of carboxylic acid groups (broad SMARTS) is 2. The fourth-order valence-corrected chi connectivity index (χ4v) is 3.32. The van der Waals surface area contributed by atoms with Crippen molar-refractivity contribution in [3.8, 4) is 5.75 Å². The molecule has 0 saturated carbocycles. The number of hydrogen-bond donors (Lipinski definition) is 2. The lowest BCUT2D eigenvalue weighted by Gasteiger charge is -2.10. The Labute approximate surface area is 159 Å². The highest BCUT2D eigenvalue weighted by atomic mass is 16.5. The molecule has 6 heteroatoms. The smallest absolute Gasteiger partial charge is 0.335 e. The molecule has 0 aliphatic heterocycles. The standard InChI is InChI=1S/C22H14O6/c23-19(11-28-16-9-14(21(24)25)8-15(10-16)22(26)27)17-7-6-13-5-4-12-2-1-3-18(17)20(12)13/h1-10H,11H2,(H,24,25)(H,26,27). The summed E-state index contributed by atoms with van der Waals surface area (Å²) in [6, 6.07) is 12.8. The van der Waals surface area contributed by atoms with Gasteiger partial charge in [0.15, 0.2) is 6.61 Å². The molecule has 28 heavy (non-hydrogen) atoms. The minimum absolute atomic E-state index is 0.0123. The lowest BCUT2D eigenvalue weighted by molar-refractivity contribution is 0.0696. The van der Waals surface area contributed by atoms with Crippen LogP contribution < -0.4 is 4.74 Å². The monoisotopic (exact) mass is 374 g/mol. The highest BCUT2D eigenvalue weighted by Crippen LogP contribution is 2.33. The van der Waals surface area contributed by atoms with Crippen LogP contribution >= 0.6 is 0 Å². The van der Waals surface area contributed by atoms with E-state index in [1.807, 2.05) is 36.4 Å². The molecule has 138 valence electrons. The number of ketones is 1. The highest BCUT2D eigenvalue weighted by molar-refractivity contribution is 6.14. The summed E-state index contributed by atoms with van der Waals surface area (Å²) in [6.45, 7) is -0.339. The van der Waals surface area contributed by atoms with E-state index in [4.69, 9.17) is 14.9 Å². The van der Waals surface area contributed by atoms with E-state index in [1.54, 1.807) is 6.07 Å². The molecule has 0 radical (unpaired) electrons. The normalized spacial score (nSPS) is 11.6. The first kappa shape index (κ1) is 17.5. The Morgan fingerprint density at radius 3 is 2.11 bits per heavy atom. The van der Waals surface area contributed by atoms with Gasteiger partial charge in [-0.1, -0.05) is 42.5 Å². The second-order valence-electron chi connectivity index (χ2n) is 6.37. The molecule has 6 nitrogen and oxygen atoms in total. The molecule has 0 heterocycles. The quantitative estimate of drug-likeness (QED) is 0.495. The SMILES string of the molecule is O=C(O)c1cc(OCC(=O)c2ccc3c4c(cccc24)C=C3)cc(C(=O)O)c1. The van der Waals surface area contributed by atoms with Gasteiger partial charge in [0.25, 0.3) is 0 Å². The molecule has 0 spiro atoms. The van der Waals surface area contributed by atoms with Gasteiger partial charge in [-0.05, 0) is 40.1 Å². The second-order valence-corrected chi connectivity index (χ2v) is 6.37. The third-order valence-electron chi connectivity index (χ3n) is 4.62. The number of aromatic carboxylic acids is 2. The zero-order valence-corrected chi connectivity index (χ0v) is 14.5. The summed E-state index contributed by atoms with van der Waals surface area (Å²) in [5, 5.41) is 20.1. The van der Waals surface area contributed by atoms with Crippen molar-refractivity contribution < 1.29 is 29.3 Å². The topological polar surface area (TPSA) is 101 Å². The minimum atomic E-state index is -1.28. The van der Waals surface area contributed by atoms with Crippen LogP contribution in [0.4, 0.5) is 0 Å². The molecular formula is C22H14O6. The number of carbonyl (C=O) groups is 3. The van der Waals surface area contributed by atoms with Gasteiger partial charge in [-0.25, -0.2) is 9.59 Å². The average Bonchev–Trinajstić information content (AvgIpc) is 3.11. The van der Waals surface area contributed by atoms with E-state index in [9.17, 15) is 14.4 Å². The minimum Gasteiger partial charge on any atom is -0.485 e. The number of carboxylic acids is 2. The van der Waals surface area contributed by atoms with Crippen molar-refractivity contribution in [3.63, 3.8) is 0 Å². The zero-order chi connectivity index (χ0) is 19.8. The molecular weight excluding hydrogens is 360 g/mol. The van der Waals surface area contributed by atoms with Gasteiger partial charge in [0.05, 0.1) is 11.1 Å². The van der Waals surface area contributed by atoms with Gasteiger partial charge in [0.2, 0.25) is 5.78 Å². The van der Waals surface area contributed by atoms with Gasteiger partial charge < -0.3 is 14.9 Å². The van der Waals surface area contributed by atoms with Crippen molar-refractivity contribution in [1.29, 1.82) is 0 Å². The molecule has 2 N–H and O–H groups in total. The van der Waals surface area contributed by atoms with Crippen LogP contribution in [0.1, 0.15) is 42.2 Å². The van der Waals surface area contributed by atoms with Crippen LogP contribution in [-0.4, -0.2) is 34.5 Å². The number of carbonyl (C=O) groups excluding carboxylic acids is 1. The van der Waals surface area contributed by atoms with Gasteiger partial charge in [0.1, 0.15) is 5.75 Å². The van der Waals surface area contributed by atoms with Crippen molar-refractivity contribution >= 4 is 40.6 Å². The van der Waals surface area contributed by atoms with Crippen molar-refractivity contribution in [3.05, 3.63) is 76.3 Å². The van der Waals surface area contributed by atoms with Crippen molar-refractivity contribution in [2.24, 2.45) is 0 Å². The first-order chi connectivity index (χ1) is 13.4. The van der Waals surface area contributed by atoms with E-state index in [0.29, 0.717) is 5.56 Å². The van der Waals surface area contributed by atoms with Gasteiger partial charge in [-0.15, -0.1) is 0 Å². The average molecular weight is 374 g/mol. The Bertz CT molecular complexity index is 1140. The largest absolute Gasteiger partial charge is 0.485 e. The van der Waals surface area contributed by atoms with Crippen LogP contribution in [0.3, 0.4) is 0 Å². The molecule has 0 unspecified atom stereocenters. The molecule has 0 atom stereocenters. The Morgan fingerprint density at radius 2 is 1.46 bits per heavy atom. The van der Waals surface area contributed by atoms with Gasteiger partial charge >= 0.3 is 11.9 Å². The van der Waals surface area contributed by atoms with Crippen LogP contribution in [0.25, 0.3) is 22.9 Å². The van der Waals surface area contributed by atoms with E-state index in [2.05, 4.69) is 0 Å². The lowest BCUT2D eigenvalue weighted by Crippen LogP contribution is -2.13. The fourth-order valence-electron chi connectivity index (χ4n) is 3.32. The number of hydrogen-bond acceptors (Lipinski definition) is 4. The summed E-state index contributed by atoms with van der Waals surface area (Å²) in [5.74, 6) is -2.83. The van der Waals surface area contributed by atoms with Crippen LogP contribution in [-0.2, 0) is 0 Å². The first-order valence-corrected chi connectivity index (χ1v) is 8.45. The third-order valence-corrected chi connectivity index (χ3v) is 4.62. The molecule has 1 aliphatic carbocycles. The fraction of sp³-hybridized carbons (Fsp3) is 0.0455. The molecule has 1 aliphatic rings. The Hall–Kier alpha value is -3.93. The second kappa shape index (κ2) is 6.66. The summed E-state index contributed by atoms with van der Waals surface area (Å²) in [5.41, 5.74) is 2.14.